The van der Waals surface area contributed by atoms with E-state index in [1.165, 1.54) is 57.8 Å². The topological polar surface area (TPSA) is 15.3 Å². The monoisotopic (exact) mass is 252 g/mol. The molecule has 2 heterocycles. The van der Waals surface area contributed by atoms with Crippen LogP contribution in [0, 0.1) is 5.92 Å². The molecule has 2 heteroatoms. The Balaban J connectivity index is 1.78. The third-order valence-electron chi connectivity index (χ3n) is 5.44. The summed E-state index contributed by atoms with van der Waals surface area (Å²) in [7, 11) is 4.51. The highest BCUT2D eigenvalue weighted by Crippen LogP contribution is 2.39. The largest absolute Gasteiger partial charge is 0.317 e. The molecule has 106 valence electrons. The fourth-order valence-corrected chi connectivity index (χ4v) is 4.19. The fourth-order valence-electron chi connectivity index (χ4n) is 4.19. The molecule has 1 N–H and O–H groups in total. The van der Waals surface area contributed by atoms with Crippen LogP contribution in [0.4, 0.5) is 0 Å². The van der Waals surface area contributed by atoms with Gasteiger partial charge < -0.3 is 10.2 Å². The molecule has 3 unspecified atom stereocenters. The predicted octanol–water partition coefficient (Wildman–Crippen LogP) is 3.42. The first-order valence-corrected chi connectivity index (χ1v) is 8.15. The first-order chi connectivity index (χ1) is 8.76. The standard InChI is InChI=1S/C16H32N2/c1-4-5-6-7-8-16(17-2)13-11-14-9-10-15(12-13)18(14)3/h13-17H,4-12H2,1-3H3. The molecular weight excluding hydrogens is 220 g/mol. The summed E-state index contributed by atoms with van der Waals surface area (Å²) in [6.45, 7) is 2.30. The molecule has 2 bridgehead atoms. The van der Waals surface area contributed by atoms with Gasteiger partial charge in [0.15, 0.2) is 0 Å². The highest BCUT2D eigenvalue weighted by atomic mass is 15.2. The Kier molecular flexibility index (Phi) is 5.50. The summed E-state index contributed by atoms with van der Waals surface area (Å²) in [5.41, 5.74) is 0. The summed E-state index contributed by atoms with van der Waals surface area (Å²) in [6, 6.07) is 2.55. The summed E-state index contributed by atoms with van der Waals surface area (Å²) in [4.78, 5) is 2.65. The van der Waals surface area contributed by atoms with Crippen molar-refractivity contribution in [3.05, 3.63) is 0 Å². The maximum absolute atomic E-state index is 3.61. The molecule has 2 aliphatic heterocycles. The van der Waals surface area contributed by atoms with Crippen LogP contribution in [0.3, 0.4) is 0 Å². The van der Waals surface area contributed by atoms with Crippen molar-refractivity contribution in [2.45, 2.75) is 82.8 Å². The minimum absolute atomic E-state index is 0.777. The zero-order chi connectivity index (χ0) is 13.0. The van der Waals surface area contributed by atoms with Crippen molar-refractivity contribution in [2.75, 3.05) is 14.1 Å². The molecule has 2 saturated heterocycles. The number of nitrogens with one attached hydrogen (secondary N) is 1. The molecule has 18 heavy (non-hydrogen) atoms. The van der Waals surface area contributed by atoms with E-state index in [0.717, 1.165) is 24.0 Å². The molecule has 0 radical (unpaired) electrons. The quantitative estimate of drug-likeness (QED) is 0.699. The molecule has 0 aromatic rings. The average Bonchev–Trinajstić information content (AvgIpc) is 2.62. The van der Waals surface area contributed by atoms with Crippen LogP contribution in [0.1, 0.15) is 64.7 Å². The first kappa shape index (κ1) is 14.3. The van der Waals surface area contributed by atoms with Crippen molar-refractivity contribution in [1.29, 1.82) is 0 Å². The lowest BCUT2D eigenvalue weighted by Crippen LogP contribution is -2.46. The van der Waals surface area contributed by atoms with E-state index < -0.39 is 0 Å². The summed E-state index contributed by atoms with van der Waals surface area (Å²) in [5.74, 6) is 0.935. The van der Waals surface area contributed by atoms with Gasteiger partial charge in [0.1, 0.15) is 0 Å². The Morgan fingerprint density at radius 2 is 1.78 bits per heavy atom. The second-order valence-electron chi connectivity index (χ2n) is 6.53. The van der Waals surface area contributed by atoms with E-state index in [1.807, 2.05) is 0 Å². The van der Waals surface area contributed by atoms with Crippen molar-refractivity contribution >= 4 is 0 Å². The molecule has 2 fully saturated rings. The van der Waals surface area contributed by atoms with Gasteiger partial charge in [0, 0.05) is 18.1 Å². The molecule has 2 aliphatic rings. The van der Waals surface area contributed by atoms with Crippen molar-refractivity contribution in [2.24, 2.45) is 5.92 Å². The van der Waals surface area contributed by atoms with Crippen LogP contribution in [-0.2, 0) is 0 Å². The molecule has 0 aromatic heterocycles. The molecule has 0 amide bonds. The van der Waals surface area contributed by atoms with Gasteiger partial charge in [-0.05, 0) is 52.1 Å². The number of fused-ring (bicyclic) bond motifs is 2. The Morgan fingerprint density at radius 3 is 2.33 bits per heavy atom. The lowest BCUT2D eigenvalue weighted by molar-refractivity contribution is 0.111. The molecular formula is C16H32N2. The normalized spacial score (nSPS) is 33.8. The van der Waals surface area contributed by atoms with Gasteiger partial charge in [0.2, 0.25) is 0 Å². The van der Waals surface area contributed by atoms with E-state index in [1.54, 1.807) is 0 Å². The van der Waals surface area contributed by atoms with Gasteiger partial charge >= 0.3 is 0 Å². The highest BCUT2D eigenvalue weighted by molar-refractivity contribution is 4.96. The van der Waals surface area contributed by atoms with E-state index in [2.05, 4.69) is 31.2 Å². The Bertz CT molecular complexity index is 227. The summed E-state index contributed by atoms with van der Waals surface area (Å²) >= 11 is 0. The van der Waals surface area contributed by atoms with Crippen LogP contribution < -0.4 is 5.32 Å². The average molecular weight is 252 g/mol. The van der Waals surface area contributed by atoms with Gasteiger partial charge in [-0.1, -0.05) is 32.6 Å². The van der Waals surface area contributed by atoms with Gasteiger partial charge in [-0.3, -0.25) is 0 Å². The molecule has 0 aliphatic carbocycles. The third-order valence-corrected chi connectivity index (χ3v) is 5.44. The Hall–Kier alpha value is -0.0800. The lowest BCUT2D eigenvalue weighted by atomic mass is 9.83. The number of hydrogen-bond acceptors (Lipinski definition) is 2. The van der Waals surface area contributed by atoms with Crippen LogP contribution in [0.25, 0.3) is 0 Å². The SMILES string of the molecule is CCCCCCC(NC)C1CC2CCC(C1)N2C. The number of nitrogens with zero attached hydrogens (tertiary/aromatic N) is 1. The summed E-state index contributed by atoms with van der Waals surface area (Å²) in [5, 5.41) is 3.61. The van der Waals surface area contributed by atoms with Crippen LogP contribution in [0.5, 0.6) is 0 Å². The second-order valence-corrected chi connectivity index (χ2v) is 6.53. The predicted molar refractivity (Wildman–Crippen MR) is 78.9 cm³/mol. The van der Waals surface area contributed by atoms with Crippen LogP contribution >= 0.6 is 0 Å². The van der Waals surface area contributed by atoms with Gasteiger partial charge in [-0.2, -0.15) is 0 Å². The van der Waals surface area contributed by atoms with Crippen LogP contribution in [-0.4, -0.2) is 37.1 Å². The van der Waals surface area contributed by atoms with E-state index >= 15 is 0 Å². The van der Waals surface area contributed by atoms with Crippen molar-refractivity contribution in [1.82, 2.24) is 10.2 Å². The third kappa shape index (κ3) is 3.27. The van der Waals surface area contributed by atoms with Crippen molar-refractivity contribution < 1.29 is 0 Å². The Morgan fingerprint density at radius 1 is 1.11 bits per heavy atom. The van der Waals surface area contributed by atoms with Crippen LogP contribution in [0.2, 0.25) is 0 Å². The molecule has 2 rings (SSSR count). The van der Waals surface area contributed by atoms with Crippen molar-refractivity contribution in [3.8, 4) is 0 Å². The van der Waals surface area contributed by atoms with Gasteiger partial charge in [0.05, 0.1) is 0 Å². The lowest BCUT2D eigenvalue weighted by Gasteiger charge is -2.40. The molecule has 0 aromatic carbocycles. The minimum Gasteiger partial charge on any atom is -0.317 e. The van der Waals surface area contributed by atoms with E-state index in [4.69, 9.17) is 0 Å². The smallest absolute Gasteiger partial charge is 0.00989 e. The number of hydrogen-bond donors (Lipinski definition) is 1. The number of rotatable bonds is 7. The first-order valence-electron chi connectivity index (χ1n) is 8.15. The summed E-state index contributed by atoms with van der Waals surface area (Å²) in [6.07, 6.45) is 12.8. The number of piperidine rings is 1. The fraction of sp³-hybridized carbons (Fsp3) is 1.00. The zero-order valence-electron chi connectivity index (χ0n) is 12.6. The maximum atomic E-state index is 3.61. The van der Waals surface area contributed by atoms with Gasteiger partial charge in [0.25, 0.3) is 0 Å². The zero-order valence-corrected chi connectivity index (χ0v) is 12.6. The van der Waals surface area contributed by atoms with Gasteiger partial charge in [-0.15, -0.1) is 0 Å². The van der Waals surface area contributed by atoms with Crippen LogP contribution in [0.15, 0.2) is 0 Å². The van der Waals surface area contributed by atoms with Crippen molar-refractivity contribution in [3.63, 3.8) is 0 Å². The van der Waals surface area contributed by atoms with E-state index in [9.17, 15) is 0 Å². The second kappa shape index (κ2) is 6.91. The molecule has 0 spiro atoms. The molecule has 3 atom stereocenters. The van der Waals surface area contributed by atoms with E-state index in [-0.39, 0.29) is 0 Å². The summed E-state index contributed by atoms with van der Waals surface area (Å²) < 4.78 is 0. The van der Waals surface area contributed by atoms with E-state index in [0.29, 0.717) is 0 Å². The Labute approximate surface area is 114 Å². The number of unbranched alkanes of at least 4 members (excludes halogenated alkanes) is 3. The maximum Gasteiger partial charge on any atom is 0.00989 e. The van der Waals surface area contributed by atoms with Gasteiger partial charge in [-0.25, -0.2) is 0 Å². The molecule has 0 saturated carbocycles. The molecule has 2 nitrogen and oxygen atoms in total. The minimum atomic E-state index is 0.777. The highest BCUT2D eigenvalue weighted by Gasteiger charge is 2.40.